The first-order valence-electron chi connectivity index (χ1n) is 10.7. The fourth-order valence-electron chi connectivity index (χ4n) is 4.19. The average molecular weight is 465 g/mol. The number of amides is 2. The third-order valence-electron chi connectivity index (χ3n) is 5.85. The fraction of sp³-hybridized carbons (Fsp3) is 0.391. The largest absolute Gasteiger partial charge is 0.573 e. The second kappa shape index (κ2) is 9.38. The lowest BCUT2D eigenvalue weighted by Crippen LogP contribution is -2.47. The zero-order chi connectivity index (χ0) is 23.6. The Balaban J connectivity index is 1.35. The molecule has 1 aliphatic carbocycles. The maximum atomic E-state index is 14.1. The van der Waals surface area contributed by atoms with Gasteiger partial charge in [0.05, 0.1) is 0 Å². The van der Waals surface area contributed by atoms with E-state index in [2.05, 4.69) is 20.7 Å². The number of alkyl halides is 3. The van der Waals surface area contributed by atoms with E-state index in [1.807, 2.05) is 18.2 Å². The summed E-state index contributed by atoms with van der Waals surface area (Å²) < 4.78 is 55.2. The minimum Gasteiger partial charge on any atom is -0.406 e. The number of piperidine rings is 1. The van der Waals surface area contributed by atoms with Crippen molar-refractivity contribution in [2.45, 2.75) is 57.1 Å². The molecule has 4 rings (SSSR count). The van der Waals surface area contributed by atoms with Crippen LogP contribution in [0.3, 0.4) is 0 Å². The number of imide groups is 1. The highest BCUT2D eigenvalue weighted by molar-refractivity contribution is 6.01. The zero-order valence-corrected chi connectivity index (χ0v) is 17.6. The molecule has 2 aromatic carbocycles. The van der Waals surface area contributed by atoms with Crippen LogP contribution >= 0.6 is 0 Å². The number of halogens is 4. The topological polar surface area (TPSA) is 79.5 Å². The first kappa shape index (κ1) is 23.0. The van der Waals surface area contributed by atoms with Crippen LogP contribution < -0.4 is 20.7 Å². The maximum absolute atomic E-state index is 14.1. The summed E-state index contributed by atoms with van der Waals surface area (Å²) in [5, 5.41) is 8.72. The van der Waals surface area contributed by atoms with Crippen LogP contribution in [0, 0.1) is 5.82 Å². The Labute approximate surface area is 187 Å². The van der Waals surface area contributed by atoms with Crippen molar-refractivity contribution in [2.24, 2.45) is 0 Å². The van der Waals surface area contributed by atoms with Gasteiger partial charge in [-0.3, -0.25) is 14.9 Å². The molecule has 0 bridgehead atoms. The first-order valence-corrected chi connectivity index (χ1v) is 10.7. The Morgan fingerprint density at radius 1 is 1.03 bits per heavy atom. The number of rotatable bonds is 6. The van der Waals surface area contributed by atoms with Crippen LogP contribution in [0.5, 0.6) is 5.75 Å². The lowest BCUT2D eigenvalue weighted by molar-refractivity contribution is -0.274. The van der Waals surface area contributed by atoms with Gasteiger partial charge in [0.15, 0.2) is 0 Å². The Morgan fingerprint density at radius 2 is 1.85 bits per heavy atom. The van der Waals surface area contributed by atoms with Gasteiger partial charge in [-0.15, -0.1) is 13.2 Å². The summed E-state index contributed by atoms with van der Waals surface area (Å²) in [6.07, 6.45) is -1.87. The van der Waals surface area contributed by atoms with Crippen LogP contribution in [-0.2, 0) is 29.0 Å². The number of hydrogen-bond donors (Lipinski definition) is 3. The summed E-state index contributed by atoms with van der Waals surface area (Å²) in [6.45, 7) is 0.0794. The van der Waals surface area contributed by atoms with E-state index in [1.54, 1.807) is 0 Å². The summed E-state index contributed by atoms with van der Waals surface area (Å²) in [4.78, 5) is 23.2. The third-order valence-corrected chi connectivity index (χ3v) is 5.85. The van der Waals surface area contributed by atoms with Gasteiger partial charge in [-0.1, -0.05) is 6.07 Å². The highest BCUT2D eigenvalue weighted by atomic mass is 19.4. The van der Waals surface area contributed by atoms with E-state index in [0.29, 0.717) is 19.3 Å². The smallest absolute Gasteiger partial charge is 0.406 e. The molecule has 1 aliphatic heterocycles. The second-order valence-corrected chi connectivity index (χ2v) is 8.25. The summed E-state index contributed by atoms with van der Waals surface area (Å²) in [5.74, 6) is -1.64. The van der Waals surface area contributed by atoms with Gasteiger partial charge in [0.25, 0.3) is 0 Å². The monoisotopic (exact) mass is 465 g/mol. The number of carbonyl (C=O) groups excluding carboxylic acids is 2. The van der Waals surface area contributed by atoms with Gasteiger partial charge in [-0.25, -0.2) is 4.39 Å². The van der Waals surface area contributed by atoms with Crippen molar-refractivity contribution < 1.29 is 31.9 Å². The molecule has 0 saturated carbocycles. The van der Waals surface area contributed by atoms with Gasteiger partial charge in [-0.05, 0) is 67.1 Å². The summed E-state index contributed by atoms with van der Waals surface area (Å²) in [6, 6.07) is 8.39. The number of fused-ring (bicyclic) bond motifs is 1. The molecule has 2 aromatic rings. The standard InChI is InChI=1S/C23H23F4N3O3/c24-19-6-5-18(33-23(25,26)27)11-15(19)12-28-16-3-1-14-10-17(4-2-13(14)9-16)29-20-7-8-21(31)30-22(20)32/h2,4-6,10-11,16,20,28-29H,1,3,7-9,12H2,(H,30,31,32)/t16?,20-/m1/s1. The molecule has 10 heteroatoms. The van der Waals surface area contributed by atoms with E-state index in [0.717, 1.165) is 47.9 Å². The van der Waals surface area contributed by atoms with Crippen molar-refractivity contribution in [3.8, 4) is 5.75 Å². The predicted molar refractivity (Wildman–Crippen MR) is 112 cm³/mol. The minimum atomic E-state index is -4.83. The molecule has 1 unspecified atom stereocenters. The van der Waals surface area contributed by atoms with E-state index in [9.17, 15) is 27.2 Å². The number of carbonyl (C=O) groups is 2. The number of benzene rings is 2. The summed E-state index contributed by atoms with van der Waals surface area (Å²) in [7, 11) is 0. The molecule has 3 N–H and O–H groups in total. The summed E-state index contributed by atoms with van der Waals surface area (Å²) >= 11 is 0. The number of anilines is 1. The highest BCUT2D eigenvalue weighted by Crippen LogP contribution is 2.27. The third kappa shape index (κ3) is 6.01. The molecule has 1 fully saturated rings. The Bertz CT molecular complexity index is 1060. The molecule has 0 spiro atoms. The molecule has 1 heterocycles. The van der Waals surface area contributed by atoms with Crippen molar-refractivity contribution in [3.63, 3.8) is 0 Å². The van der Waals surface area contributed by atoms with E-state index >= 15 is 0 Å². The van der Waals surface area contributed by atoms with Crippen LogP contribution in [0.2, 0.25) is 0 Å². The quantitative estimate of drug-likeness (QED) is 0.449. The molecule has 176 valence electrons. The van der Waals surface area contributed by atoms with Gasteiger partial charge >= 0.3 is 6.36 Å². The van der Waals surface area contributed by atoms with Crippen molar-refractivity contribution >= 4 is 17.5 Å². The van der Waals surface area contributed by atoms with E-state index in [1.165, 1.54) is 0 Å². The lowest BCUT2D eigenvalue weighted by atomic mass is 9.87. The van der Waals surface area contributed by atoms with Crippen LogP contribution in [0.4, 0.5) is 23.2 Å². The van der Waals surface area contributed by atoms with Crippen LogP contribution in [0.1, 0.15) is 36.0 Å². The number of nitrogens with one attached hydrogen (secondary N) is 3. The van der Waals surface area contributed by atoms with Crippen LogP contribution in [0.15, 0.2) is 36.4 Å². The molecule has 6 nitrogen and oxygen atoms in total. The Morgan fingerprint density at radius 3 is 2.61 bits per heavy atom. The predicted octanol–water partition coefficient (Wildman–Crippen LogP) is 3.59. The SMILES string of the molecule is O=C1CC[C@@H](Nc2ccc3c(c2)CCC(NCc2cc(OC(F)(F)F)ccc2F)C3)C(=O)N1. The van der Waals surface area contributed by atoms with Gasteiger partial charge in [0.2, 0.25) is 11.8 Å². The molecular formula is C23H23F4N3O3. The van der Waals surface area contributed by atoms with Crippen molar-refractivity contribution in [2.75, 3.05) is 5.32 Å². The normalized spacial score (nSPS) is 20.7. The van der Waals surface area contributed by atoms with E-state index in [4.69, 9.17) is 0 Å². The fourth-order valence-corrected chi connectivity index (χ4v) is 4.19. The Hall–Kier alpha value is -3.14. The molecule has 0 aromatic heterocycles. The van der Waals surface area contributed by atoms with Crippen LogP contribution in [0.25, 0.3) is 0 Å². The van der Waals surface area contributed by atoms with Crippen molar-refractivity contribution in [3.05, 3.63) is 58.9 Å². The zero-order valence-electron chi connectivity index (χ0n) is 17.6. The molecular weight excluding hydrogens is 442 g/mol. The van der Waals surface area contributed by atoms with Gasteiger partial charge < -0.3 is 15.4 Å². The number of aryl methyl sites for hydroxylation is 1. The molecule has 0 radical (unpaired) electrons. The van der Waals surface area contributed by atoms with E-state index < -0.39 is 24.0 Å². The number of hydrogen-bond acceptors (Lipinski definition) is 5. The molecule has 2 aliphatic rings. The lowest BCUT2D eigenvalue weighted by Gasteiger charge is -2.27. The maximum Gasteiger partial charge on any atom is 0.573 e. The number of ether oxygens (including phenoxy) is 1. The molecule has 33 heavy (non-hydrogen) atoms. The van der Waals surface area contributed by atoms with Gasteiger partial charge in [-0.2, -0.15) is 0 Å². The van der Waals surface area contributed by atoms with Crippen LogP contribution in [-0.4, -0.2) is 30.3 Å². The van der Waals surface area contributed by atoms with E-state index in [-0.39, 0.29) is 30.0 Å². The second-order valence-electron chi connectivity index (χ2n) is 8.25. The van der Waals surface area contributed by atoms with Gasteiger partial charge in [0, 0.05) is 30.3 Å². The molecule has 2 amide bonds. The summed E-state index contributed by atoms with van der Waals surface area (Å²) in [5.41, 5.74) is 3.16. The average Bonchev–Trinajstić information content (AvgIpc) is 2.75. The highest BCUT2D eigenvalue weighted by Gasteiger charge is 2.31. The van der Waals surface area contributed by atoms with Crippen molar-refractivity contribution in [1.82, 2.24) is 10.6 Å². The van der Waals surface area contributed by atoms with Crippen molar-refractivity contribution in [1.29, 1.82) is 0 Å². The van der Waals surface area contributed by atoms with Gasteiger partial charge in [0.1, 0.15) is 17.6 Å². The first-order chi connectivity index (χ1) is 15.7. The molecule has 2 atom stereocenters. The molecule has 1 saturated heterocycles. The Kier molecular flexibility index (Phi) is 6.55. The minimum absolute atomic E-state index is 0.0398.